The van der Waals surface area contributed by atoms with Gasteiger partial charge in [0.05, 0.1) is 31.9 Å². The summed E-state index contributed by atoms with van der Waals surface area (Å²) in [6, 6.07) is 11.9. The Bertz CT molecular complexity index is 1110. The highest BCUT2D eigenvalue weighted by Crippen LogP contribution is 2.44. The highest BCUT2D eigenvalue weighted by atomic mass is 32.1. The van der Waals surface area contributed by atoms with Gasteiger partial charge in [0, 0.05) is 13.1 Å². The summed E-state index contributed by atoms with van der Waals surface area (Å²) in [5.41, 5.74) is 1.99. The van der Waals surface area contributed by atoms with E-state index in [4.69, 9.17) is 16.0 Å². The smallest absolute Gasteiger partial charge is 0.344 e. The van der Waals surface area contributed by atoms with Gasteiger partial charge in [0.2, 0.25) is 5.69 Å². The molecule has 0 bridgehead atoms. The minimum Gasteiger partial charge on any atom is -0.497 e. The van der Waals surface area contributed by atoms with Crippen molar-refractivity contribution in [3.05, 3.63) is 63.8 Å². The van der Waals surface area contributed by atoms with E-state index >= 15 is 0 Å². The van der Waals surface area contributed by atoms with Crippen LogP contribution in [-0.2, 0) is 11.2 Å². The van der Waals surface area contributed by atoms with Crippen molar-refractivity contribution in [1.82, 2.24) is 0 Å². The van der Waals surface area contributed by atoms with Crippen LogP contribution in [0.5, 0.6) is 5.75 Å². The highest BCUT2D eigenvalue weighted by Gasteiger charge is 2.27. The number of carbonyl (C=O) groups is 1. The number of aromatic carboxylic acids is 1. The van der Waals surface area contributed by atoms with Gasteiger partial charge in [0.15, 0.2) is 0 Å². The molecule has 0 saturated carbocycles. The van der Waals surface area contributed by atoms with Gasteiger partial charge in [-0.25, -0.2) is 9.64 Å². The highest BCUT2D eigenvalue weighted by molar-refractivity contribution is 7.18. The Morgan fingerprint density at radius 3 is 2.69 bits per heavy atom. The summed E-state index contributed by atoms with van der Waals surface area (Å²) >= 11 is 1.19. The summed E-state index contributed by atoms with van der Waals surface area (Å²) in [6.07, 6.45) is 0.396. The summed E-state index contributed by atoms with van der Waals surface area (Å²) in [7, 11) is 1.63. The Morgan fingerprint density at radius 2 is 2.00 bits per heavy atom. The van der Waals surface area contributed by atoms with E-state index in [0.717, 1.165) is 27.1 Å². The quantitative estimate of drug-likeness (QED) is 0.626. The zero-order valence-electron chi connectivity index (χ0n) is 16.0. The van der Waals surface area contributed by atoms with Crippen LogP contribution in [0.15, 0.2) is 36.4 Å². The third-order valence-electron chi connectivity index (χ3n) is 5.06. The molecular formula is C22H20N2O4S. The van der Waals surface area contributed by atoms with Gasteiger partial charge in [-0.2, -0.15) is 0 Å². The number of carboxylic acids is 1. The molecule has 1 N–H and O–H groups in total. The predicted octanol–water partition coefficient (Wildman–Crippen LogP) is 4.59. The lowest BCUT2D eigenvalue weighted by atomic mass is 10.0. The minimum atomic E-state index is -0.989. The number of benzene rings is 2. The molecule has 1 aromatic heterocycles. The first-order valence-electron chi connectivity index (χ1n) is 9.26. The average molecular weight is 408 g/mol. The van der Waals surface area contributed by atoms with E-state index in [0.29, 0.717) is 44.0 Å². The third kappa shape index (κ3) is 3.77. The molecule has 4 rings (SSSR count). The molecule has 1 aliphatic heterocycles. The van der Waals surface area contributed by atoms with Crippen LogP contribution in [-0.4, -0.2) is 44.5 Å². The maximum atomic E-state index is 11.9. The van der Waals surface area contributed by atoms with Crippen molar-refractivity contribution in [2.24, 2.45) is 0 Å². The number of anilines is 1. The maximum absolute atomic E-state index is 11.9. The van der Waals surface area contributed by atoms with Crippen molar-refractivity contribution in [3.63, 3.8) is 0 Å². The number of hydrogen-bond acceptors (Lipinski definition) is 5. The first-order valence-corrected chi connectivity index (χ1v) is 10.1. The van der Waals surface area contributed by atoms with Crippen LogP contribution in [0, 0.1) is 6.57 Å². The topological polar surface area (TPSA) is 63.4 Å². The Kier molecular flexibility index (Phi) is 5.38. The molecule has 0 unspecified atom stereocenters. The fourth-order valence-electron chi connectivity index (χ4n) is 3.59. The molecule has 0 atom stereocenters. The molecule has 1 saturated heterocycles. The monoisotopic (exact) mass is 408 g/mol. The molecule has 0 amide bonds. The molecule has 0 spiro atoms. The van der Waals surface area contributed by atoms with Crippen LogP contribution in [0.25, 0.3) is 15.6 Å². The Labute approximate surface area is 172 Å². The van der Waals surface area contributed by atoms with E-state index in [1.807, 2.05) is 36.4 Å². The zero-order chi connectivity index (χ0) is 20.4. The Hall–Kier alpha value is -3.08. The number of rotatable bonds is 5. The zero-order valence-corrected chi connectivity index (χ0v) is 16.8. The van der Waals surface area contributed by atoms with Gasteiger partial charge in [-0.15, -0.1) is 11.3 Å². The van der Waals surface area contributed by atoms with Crippen molar-refractivity contribution in [1.29, 1.82) is 0 Å². The SMILES string of the molecule is [C-]#[N+]c1c(N2CCOCC2)sc(C(=O)O)c1Cc1ccc2ccc(OC)cc2c1. The number of thiophene rings is 1. The molecule has 2 aromatic carbocycles. The molecule has 148 valence electrons. The van der Waals surface area contributed by atoms with E-state index in [-0.39, 0.29) is 4.88 Å². The number of carboxylic acid groups (broad SMARTS) is 1. The molecule has 0 radical (unpaired) electrons. The van der Waals surface area contributed by atoms with Crippen molar-refractivity contribution < 1.29 is 19.4 Å². The van der Waals surface area contributed by atoms with Gasteiger partial charge in [-0.1, -0.05) is 24.3 Å². The molecule has 2 heterocycles. The van der Waals surface area contributed by atoms with Crippen LogP contribution in [0.3, 0.4) is 0 Å². The number of morpholine rings is 1. The van der Waals surface area contributed by atoms with Gasteiger partial charge >= 0.3 is 5.97 Å². The Balaban J connectivity index is 1.75. The minimum absolute atomic E-state index is 0.239. The van der Waals surface area contributed by atoms with Gasteiger partial charge in [0.1, 0.15) is 10.6 Å². The third-order valence-corrected chi connectivity index (χ3v) is 6.33. The van der Waals surface area contributed by atoms with Crippen LogP contribution in [0.1, 0.15) is 20.8 Å². The van der Waals surface area contributed by atoms with E-state index in [2.05, 4.69) is 9.74 Å². The van der Waals surface area contributed by atoms with Gasteiger partial charge in [0.25, 0.3) is 0 Å². The van der Waals surface area contributed by atoms with E-state index in [9.17, 15) is 9.90 Å². The molecule has 29 heavy (non-hydrogen) atoms. The lowest BCUT2D eigenvalue weighted by Crippen LogP contribution is -2.35. The van der Waals surface area contributed by atoms with Crippen molar-refractivity contribution >= 4 is 38.8 Å². The van der Waals surface area contributed by atoms with E-state index in [1.165, 1.54) is 11.3 Å². The number of ether oxygens (including phenoxy) is 2. The van der Waals surface area contributed by atoms with Crippen molar-refractivity contribution in [2.45, 2.75) is 6.42 Å². The van der Waals surface area contributed by atoms with E-state index in [1.54, 1.807) is 7.11 Å². The fourth-order valence-corrected chi connectivity index (χ4v) is 4.74. The first kappa shape index (κ1) is 19.2. The lowest BCUT2D eigenvalue weighted by molar-refractivity contribution is 0.0701. The second-order valence-corrected chi connectivity index (χ2v) is 7.80. The molecule has 3 aromatic rings. The van der Waals surface area contributed by atoms with E-state index < -0.39 is 5.97 Å². The van der Waals surface area contributed by atoms with Gasteiger partial charge in [-0.3, -0.25) is 0 Å². The van der Waals surface area contributed by atoms with Gasteiger partial charge < -0.3 is 19.5 Å². The first-order chi connectivity index (χ1) is 14.1. The van der Waals surface area contributed by atoms with Crippen LogP contribution >= 0.6 is 11.3 Å². The molecule has 7 heteroatoms. The lowest BCUT2D eigenvalue weighted by Gasteiger charge is -2.28. The molecule has 1 aliphatic rings. The second kappa shape index (κ2) is 8.11. The summed E-state index contributed by atoms with van der Waals surface area (Å²) in [6.45, 7) is 10.2. The average Bonchev–Trinajstić information content (AvgIpc) is 3.12. The second-order valence-electron chi connectivity index (χ2n) is 6.80. The molecule has 6 nitrogen and oxygen atoms in total. The van der Waals surface area contributed by atoms with Crippen LogP contribution in [0.4, 0.5) is 10.7 Å². The standard InChI is InChI=1S/C22H20N2O4S/c1-23-19-18(20(22(25)26)29-21(19)24-7-9-28-10-8-24)12-14-3-4-15-5-6-17(27-2)13-16(15)11-14/h3-6,11,13H,7-10,12H2,2H3,(H,25,26). The predicted molar refractivity (Wildman–Crippen MR) is 114 cm³/mol. The molecule has 1 fully saturated rings. The maximum Gasteiger partial charge on any atom is 0.344 e. The van der Waals surface area contributed by atoms with Crippen LogP contribution in [0.2, 0.25) is 0 Å². The summed E-state index contributed by atoms with van der Waals surface area (Å²) < 4.78 is 10.7. The number of hydrogen-bond donors (Lipinski definition) is 1. The number of fused-ring (bicyclic) bond motifs is 1. The number of nitrogens with zero attached hydrogens (tertiary/aromatic N) is 2. The fraction of sp³-hybridized carbons (Fsp3) is 0.273. The Morgan fingerprint density at radius 1 is 1.24 bits per heavy atom. The summed E-state index contributed by atoms with van der Waals surface area (Å²) in [5, 5.41) is 12.6. The largest absolute Gasteiger partial charge is 0.497 e. The summed E-state index contributed by atoms with van der Waals surface area (Å²) in [4.78, 5) is 17.9. The molecule has 0 aliphatic carbocycles. The number of methoxy groups -OCH3 is 1. The normalized spacial score (nSPS) is 14.0. The molecular weight excluding hydrogens is 388 g/mol. The van der Waals surface area contributed by atoms with Crippen LogP contribution < -0.4 is 9.64 Å². The van der Waals surface area contributed by atoms with Crippen molar-refractivity contribution in [2.75, 3.05) is 38.3 Å². The van der Waals surface area contributed by atoms with Crippen molar-refractivity contribution in [3.8, 4) is 5.75 Å². The summed E-state index contributed by atoms with van der Waals surface area (Å²) in [5.74, 6) is -0.218. The van der Waals surface area contributed by atoms with Gasteiger partial charge in [-0.05, 0) is 40.5 Å².